The van der Waals surface area contributed by atoms with E-state index in [4.69, 9.17) is 14.2 Å². The monoisotopic (exact) mass is 310 g/mol. The molecule has 22 heavy (non-hydrogen) atoms. The molecule has 0 bridgehead atoms. The van der Waals surface area contributed by atoms with E-state index in [0.717, 1.165) is 17.7 Å². The predicted molar refractivity (Wildman–Crippen MR) is 80.2 cm³/mol. The minimum Gasteiger partial charge on any atom is -0.466 e. The van der Waals surface area contributed by atoms with Crippen LogP contribution in [-0.4, -0.2) is 31.9 Å². The summed E-state index contributed by atoms with van der Waals surface area (Å²) in [5.74, 6) is -0.497. The minimum atomic E-state index is -0.256. The predicted octanol–water partition coefficient (Wildman–Crippen LogP) is 3.11. The van der Waals surface area contributed by atoms with Crippen LogP contribution in [0.4, 0.5) is 4.39 Å². The summed E-state index contributed by atoms with van der Waals surface area (Å²) in [6.07, 6.45) is 0.727. The molecule has 0 spiro atoms. The number of epoxide rings is 1. The fourth-order valence-electron chi connectivity index (χ4n) is 2.33. The maximum absolute atomic E-state index is 13.9. The van der Waals surface area contributed by atoms with Gasteiger partial charge in [0.25, 0.3) is 0 Å². The lowest BCUT2D eigenvalue weighted by Gasteiger charge is -2.18. The van der Waals surface area contributed by atoms with Gasteiger partial charge in [-0.15, -0.1) is 0 Å². The minimum absolute atomic E-state index is 0.167. The second kappa shape index (κ2) is 7.70. The second-order valence-electron chi connectivity index (χ2n) is 5.54. The number of hydrogen-bond donors (Lipinski definition) is 0. The molecule has 0 saturated carbocycles. The summed E-state index contributed by atoms with van der Waals surface area (Å²) in [7, 11) is 0. The Hall–Kier alpha value is -1.46. The van der Waals surface area contributed by atoms with Crippen LogP contribution in [0.5, 0.6) is 0 Å². The number of aryl methyl sites for hydroxylation is 2. The molecule has 1 aromatic carbocycles. The van der Waals surface area contributed by atoms with Gasteiger partial charge in [0.2, 0.25) is 0 Å². The van der Waals surface area contributed by atoms with Crippen molar-refractivity contribution in [1.82, 2.24) is 0 Å². The molecule has 0 N–H and O–H groups in total. The van der Waals surface area contributed by atoms with Gasteiger partial charge in [0.05, 0.1) is 25.9 Å². The van der Waals surface area contributed by atoms with Crippen molar-refractivity contribution in [2.45, 2.75) is 45.8 Å². The van der Waals surface area contributed by atoms with Crippen LogP contribution in [0.25, 0.3) is 0 Å². The standard InChI is InChI=1S/C17H23FO4/c1-4-20-17(19)6-5-13-7-11(2)16(18)8-15(13)12(3)21-9-14-10-22-14/h7-8,12,14H,4-6,9-10H2,1-3H3/t12-,14?/m1/s1. The highest BCUT2D eigenvalue weighted by Crippen LogP contribution is 2.26. The van der Waals surface area contributed by atoms with E-state index in [1.165, 1.54) is 6.07 Å². The van der Waals surface area contributed by atoms with Crippen molar-refractivity contribution >= 4 is 5.97 Å². The van der Waals surface area contributed by atoms with Gasteiger partial charge in [0.15, 0.2) is 0 Å². The zero-order valence-electron chi connectivity index (χ0n) is 13.4. The van der Waals surface area contributed by atoms with Gasteiger partial charge in [-0.05, 0) is 49.9 Å². The van der Waals surface area contributed by atoms with Crippen molar-refractivity contribution in [3.8, 4) is 0 Å². The molecule has 2 rings (SSSR count). The maximum Gasteiger partial charge on any atom is 0.306 e. The van der Waals surface area contributed by atoms with Gasteiger partial charge in [0, 0.05) is 6.42 Å². The SMILES string of the molecule is CCOC(=O)CCc1cc(C)c(F)cc1[C@@H](C)OCC1CO1. The maximum atomic E-state index is 13.9. The highest BCUT2D eigenvalue weighted by molar-refractivity contribution is 5.69. The lowest BCUT2D eigenvalue weighted by Crippen LogP contribution is -2.11. The quantitative estimate of drug-likeness (QED) is 0.547. The van der Waals surface area contributed by atoms with Crippen LogP contribution >= 0.6 is 0 Å². The van der Waals surface area contributed by atoms with E-state index in [1.54, 1.807) is 19.9 Å². The normalized spacial score (nSPS) is 18.1. The molecule has 1 heterocycles. The van der Waals surface area contributed by atoms with Crippen molar-refractivity contribution in [3.63, 3.8) is 0 Å². The van der Waals surface area contributed by atoms with Crippen molar-refractivity contribution in [1.29, 1.82) is 0 Å². The summed E-state index contributed by atoms with van der Waals surface area (Å²) in [4.78, 5) is 11.5. The highest BCUT2D eigenvalue weighted by atomic mass is 19.1. The summed E-state index contributed by atoms with van der Waals surface area (Å²) < 4.78 is 29.7. The number of benzene rings is 1. The van der Waals surface area contributed by atoms with Crippen LogP contribution in [0.2, 0.25) is 0 Å². The number of carbonyl (C=O) groups excluding carboxylic acids is 1. The van der Waals surface area contributed by atoms with Gasteiger partial charge in [-0.1, -0.05) is 6.07 Å². The molecule has 0 aliphatic carbocycles. The molecule has 122 valence electrons. The van der Waals surface area contributed by atoms with E-state index in [1.807, 2.05) is 6.92 Å². The number of esters is 1. The first-order valence-corrected chi connectivity index (χ1v) is 7.69. The molecule has 1 aromatic rings. The van der Waals surface area contributed by atoms with Crippen molar-refractivity contribution in [2.75, 3.05) is 19.8 Å². The van der Waals surface area contributed by atoms with Crippen LogP contribution in [0.15, 0.2) is 12.1 Å². The summed E-state index contributed by atoms with van der Waals surface area (Å²) in [5.41, 5.74) is 2.28. The molecule has 0 amide bonds. The summed E-state index contributed by atoms with van der Waals surface area (Å²) >= 11 is 0. The summed E-state index contributed by atoms with van der Waals surface area (Å²) in [5, 5.41) is 0. The van der Waals surface area contributed by atoms with Crippen molar-refractivity contribution in [3.05, 3.63) is 34.6 Å². The molecule has 2 atom stereocenters. The van der Waals surface area contributed by atoms with E-state index in [9.17, 15) is 9.18 Å². The average Bonchev–Trinajstić information content (AvgIpc) is 3.30. The number of halogens is 1. The van der Waals surface area contributed by atoms with Gasteiger partial charge in [-0.3, -0.25) is 4.79 Å². The Bertz CT molecular complexity index is 526. The first-order valence-electron chi connectivity index (χ1n) is 7.69. The molecular formula is C17H23FO4. The zero-order chi connectivity index (χ0) is 16.1. The van der Waals surface area contributed by atoms with Crippen molar-refractivity contribution < 1.29 is 23.4 Å². The first-order chi connectivity index (χ1) is 10.5. The Morgan fingerprint density at radius 3 is 2.86 bits per heavy atom. The molecule has 4 nitrogen and oxygen atoms in total. The Balaban J connectivity index is 2.07. The average molecular weight is 310 g/mol. The van der Waals surface area contributed by atoms with E-state index >= 15 is 0 Å². The Labute approximate surface area is 130 Å². The third kappa shape index (κ3) is 4.78. The molecular weight excluding hydrogens is 287 g/mol. The van der Waals surface area contributed by atoms with Crippen LogP contribution < -0.4 is 0 Å². The fraction of sp³-hybridized carbons (Fsp3) is 0.588. The molecule has 1 aliphatic rings. The second-order valence-corrected chi connectivity index (χ2v) is 5.54. The summed E-state index contributed by atoms with van der Waals surface area (Å²) in [6, 6.07) is 3.30. The first kappa shape index (κ1) is 16.9. The molecule has 5 heteroatoms. The van der Waals surface area contributed by atoms with Gasteiger partial charge in [-0.2, -0.15) is 0 Å². The smallest absolute Gasteiger partial charge is 0.306 e. The molecule has 0 aromatic heterocycles. The highest BCUT2D eigenvalue weighted by Gasteiger charge is 2.24. The lowest BCUT2D eigenvalue weighted by atomic mass is 9.96. The lowest BCUT2D eigenvalue weighted by molar-refractivity contribution is -0.143. The molecule has 1 saturated heterocycles. The fourth-order valence-corrected chi connectivity index (χ4v) is 2.33. The Kier molecular flexibility index (Phi) is 5.91. The topological polar surface area (TPSA) is 48.1 Å². The van der Waals surface area contributed by atoms with Crippen LogP contribution in [-0.2, 0) is 25.4 Å². The molecule has 1 aliphatic heterocycles. The van der Waals surface area contributed by atoms with Gasteiger partial charge in [-0.25, -0.2) is 4.39 Å². The van der Waals surface area contributed by atoms with Crippen LogP contribution in [0, 0.1) is 12.7 Å². The van der Waals surface area contributed by atoms with Crippen LogP contribution in [0.3, 0.4) is 0 Å². The number of rotatable bonds is 8. The molecule has 1 fully saturated rings. The van der Waals surface area contributed by atoms with E-state index in [-0.39, 0.29) is 30.4 Å². The van der Waals surface area contributed by atoms with Gasteiger partial charge < -0.3 is 14.2 Å². The van der Waals surface area contributed by atoms with E-state index in [2.05, 4.69) is 0 Å². The molecule has 0 radical (unpaired) electrons. The number of hydrogen-bond acceptors (Lipinski definition) is 4. The summed E-state index contributed by atoms with van der Waals surface area (Å²) in [6.45, 7) is 6.99. The van der Waals surface area contributed by atoms with Crippen molar-refractivity contribution in [2.24, 2.45) is 0 Å². The Morgan fingerprint density at radius 1 is 1.50 bits per heavy atom. The Morgan fingerprint density at radius 2 is 2.23 bits per heavy atom. The number of carbonyl (C=O) groups is 1. The third-order valence-corrected chi connectivity index (χ3v) is 3.70. The van der Waals surface area contributed by atoms with E-state index < -0.39 is 0 Å². The largest absolute Gasteiger partial charge is 0.466 e. The molecule has 1 unspecified atom stereocenters. The zero-order valence-corrected chi connectivity index (χ0v) is 13.4. The number of ether oxygens (including phenoxy) is 3. The van der Waals surface area contributed by atoms with E-state index in [0.29, 0.717) is 25.2 Å². The third-order valence-electron chi connectivity index (χ3n) is 3.70. The van der Waals surface area contributed by atoms with Crippen LogP contribution in [0.1, 0.15) is 43.1 Å². The van der Waals surface area contributed by atoms with Gasteiger partial charge in [0.1, 0.15) is 11.9 Å². The van der Waals surface area contributed by atoms with Gasteiger partial charge >= 0.3 is 5.97 Å².